The Hall–Kier alpha value is -2.91. The number of ether oxygens (including phenoxy) is 4. The summed E-state index contributed by atoms with van der Waals surface area (Å²) in [6, 6.07) is 6.68. The lowest BCUT2D eigenvalue weighted by Crippen LogP contribution is -2.15. The van der Waals surface area contributed by atoms with Gasteiger partial charge in [0.25, 0.3) is 5.91 Å². The average molecular weight is 421 g/mol. The van der Waals surface area contributed by atoms with Crippen molar-refractivity contribution in [2.24, 2.45) is 0 Å². The summed E-state index contributed by atoms with van der Waals surface area (Å²) >= 11 is 0.954. The maximum atomic E-state index is 12.8. The topological polar surface area (TPSA) is 100 Å². The number of hydrogen-bond donors (Lipinski definition) is 1. The van der Waals surface area contributed by atoms with Crippen LogP contribution in [0.5, 0.6) is 5.75 Å². The molecular weight excluding hydrogens is 398 g/mol. The highest BCUT2D eigenvalue weighted by molar-refractivity contribution is 7.18. The van der Waals surface area contributed by atoms with E-state index in [1.165, 1.54) is 14.2 Å². The summed E-state index contributed by atoms with van der Waals surface area (Å²) in [5.74, 6) is -1.33. The lowest BCUT2D eigenvalue weighted by molar-refractivity contribution is 0.0392. The molecule has 0 aliphatic heterocycles. The average Bonchev–Trinajstić information content (AvgIpc) is 3.04. The van der Waals surface area contributed by atoms with Gasteiger partial charge in [0.15, 0.2) is 0 Å². The van der Waals surface area contributed by atoms with E-state index in [-0.39, 0.29) is 35.3 Å². The fourth-order valence-corrected chi connectivity index (χ4v) is 3.61. The van der Waals surface area contributed by atoms with Gasteiger partial charge in [0.1, 0.15) is 22.2 Å². The molecule has 2 aromatic rings. The smallest absolute Gasteiger partial charge is 0.348 e. The van der Waals surface area contributed by atoms with E-state index in [0.717, 1.165) is 11.3 Å². The minimum atomic E-state index is -0.632. The number of esters is 2. The van der Waals surface area contributed by atoms with Crippen molar-refractivity contribution in [1.29, 1.82) is 0 Å². The third-order valence-electron chi connectivity index (χ3n) is 3.91. The number of methoxy groups -OCH3 is 2. The molecule has 8 nitrogen and oxygen atoms in total. The van der Waals surface area contributed by atoms with E-state index in [4.69, 9.17) is 18.9 Å². The molecule has 0 spiro atoms. The maximum Gasteiger partial charge on any atom is 0.348 e. The second-order valence-corrected chi connectivity index (χ2v) is 6.78. The van der Waals surface area contributed by atoms with Crippen molar-refractivity contribution in [3.63, 3.8) is 0 Å². The molecule has 0 atom stereocenters. The highest BCUT2D eigenvalue weighted by Gasteiger charge is 2.28. The molecule has 0 radical (unpaired) electrons. The van der Waals surface area contributed by atoms with Crippen molar-refractivity contribution in [3.05, 3.63) is 45.8 Å². The van der Waals surface area contributed by atoms with Crippen molar-refractivity contribution in [2.45, 2.75) is 13.8 Å². The molecule has 29 heavy (non-hydrogen) atoms. The Balaban J connectivity index is 2.38. The molecule has 0 bridgehead atoms. The van der Waals surface area contributed by atoms with Gasteiger partial charge in [-0.25, -0.2) is 9.59 Å². The molecule has 9 heteroatoms. The van der Waals surface area contributed by atoms with Crippen LogP contribution in [0.25, 0.3) is 0 Å². The zero-order valence-electron chi connectivity index (χ0n) is 16.7. The Bertz CT molecular complexity index is 891. The van der Waals surface area contributed by atoms with E-state index in [1.54, 1.807) is 38.1 Å². The van der Waals surface area contributed by atoms with Gasteiger partial charge in [0.2, 0.25) is 0 Å². The molecule has 0 saturated heterocycles. The van der Waals surface area contributed by atoms with Crippen LogP contribution in [-0.4, -0.2) is 51.9 Å². The van der Waals surface area contributed by atoms with Crippen LogP contribution >= 0.6 is 11.3 Å². The number of para-hydroxylation sites is 1. The molecule has 0 saturated carbocycles. The van der Waals surface area contributed by atoms with E-state index >= 15 is 0 Å². The minimum absolute atomic E-state index is 0.0737. The van der Waals surface area contributed by atoms with Crippen LogP contribution in [0.15, 0.2) is 24.3 Å². The first-order valence-electron chi connectivity index (χ1n) is 8.85. The number of carbonyl (C=O) groups is 3. The lowest BCUT2D eigenvalue weighted by Gasteiger charge is -2.09. The summed E-state index contributed by atoms with van der Waals surface area (Å²) in [5.41, 5.74) is 0.796. The molecule has 1 amide bonds. The first-order chi connectivity index (χ1) is 13.9. The number of thiophene rings is 1. The highest BCUT2D eigenvalue weighted by atomic mass is 32.1. The fourth-order valence-electron chi connectivity index (χ4n) is 2.53. The van der Waals surface area contributed by atoms with Gasteiger partial charge >= 0.3 is 11.9 Å². The quantitative estimate of drug-likeness (QED) is 0.490. The molecule has 1 heterocycles. The third-order valence-corrected chi connectivity index (χ3v) is 5.10. The Labute approximate surface area is 172 Å². The summed E-state index contributed by atoms with van der Waals surface area (Å²) in [5, 5.41) is 2.89. The fraction of sp³-hybridized carbons (Fsp3) is 0.350. The molecule has 2 rings (SSSR count). The number of amides is 1. The number of nitrogens with one attached hydrogen (secondary N) is 1. The molecular formula is C20H23NO7S. The van der Waals surface area contributed by atoms with Gasteiger partial charge in [0.05, 0.1) is 31.5 Å². The summed E-state index contributed by atoms with van der Waals surface area (Å²) in [6.07, 6.45) is 0. The predicted molar refractivity (Wildman–Crippen MR) is 108 cm³/mol. The lowest BCUT2D eigenvalue weighted by atomic mass is 10.1. The normalized spacial score (nSPS) is 10.3. The molecule has 0 aliphatic rings. The largest absolute Gasteiger partial charge is 0.496 e. The van der Waals surface area contributed by atoms with Gasteiger partial charge in [0, 0.05) is 7.11 Å². The molecule has 0 fully saturated rings. The Morgan fingerprint density at radius 3 is 2.41 bits per heavy atom. The van der Waals surface area contributed by atoms with Crippen molar-refractivity contribution < 1.29 is 33.3 Å². The van der Waals surface area contributed by atoms with Crippen LogP contribution in [0.2, 0.25) is 0 Å². The number of benzene rings is 1. The summed E-state index contributed by atoms with van der Waals surface area (Å²) in [7, 11) is 2.95. The zero-order chi connectivity index (χ0) is 21.4. The molecule has 156 valence electrons. The van der Waals surface area contributed by atoms with Crippen molar-refractivity contribution >= 4 is 34.2 Å². The molecule has 1 aromatic carbocycles. The molecule has 1 aromatic heterocycles. The number of carbonyl (C=O) groups excluding carboxylic acids is 3. The van der Waals surface area contributed by atoms with Crippen LogP contribution in [-0.2, 0) is 14.2 Å². The van der Waals surface area contributed by atoms with Crippen LogP contribution in [0, 0.1) is 6.92 Å². The number of anilines is 1. The van der Waals surface area contributed by atoms with E-state index in [0.29, 0.717) is 16.9 Å². The van der Waals surface area contributed by atoms with E-state index in [2.05, 4.69) is 5.32 Å². The van der Waals surface area contributed by atoms with E-state index in [9.17, 15) is 14.4 Å². The van der Waals surface area contributed by atoms with Gasteiger partial charge in [-0.1, -0.05) is 12.1 Å². The molecule has 1 N–H and O–H groups in total. The molecule has 0 unspecified atom stereocenters. The second kappa shape index (κ2) is 10.6. The SMILES string of the molecule is CCOC(=O)c1c(NC(=O)c2ccccc2OC)sc(C(=O)OCCOC)c1C. The van der Waals surface area contributed by atoms with Crippen molar-refractivity contribution in [1.82, 2.24) is 0 Å². The van der Waals surface area contributed by atoms with Crippen molar-refractivity contribution in [3.8, 4) is 5.75 Å². The van der Waals surface area contributed by atoms with Crippen molar-refractivity contribution in [2.75, 3.05) is 39.4 Å². The van der Waals surface area contributed by atoms with Gasteiger partial charge in [-0.2, -0.15) is 0 Å². The van der Waals surface area contributed by atoms with Crippen LogP contribution in [0.3, 0.4) is 0 Å². The molecule has 0 aliphatic carbocycles. The Morgan fingerprint density at radius 2 is 1.76 bits per heavy atom. The van der Waals surface area contributed by atoms with Gasteiger partial charge in [-0.3, -0.25) is 4.79 Å². The predicted octanol–water partition coefficient (Wildman–Crippen LogP) is 3.30. The monoisotopic (exact) mass is 421 g/mol. The van der Waals surface area contributed by atoms with E-state index < -0.39 is 17.8 Å². The van der Waals surface area contributed by atoms with Gasteiger partial charge in [-0.15, -0.1) is 11.3 Å². The first-order valence-corrected chi connectivity index (χ1v) is 9.67. The van der Waals surface area contributed by atoms with Crippen LogP contribution in [0.4, 0.5) is 5.00 Å². The van der Waals surface area contributed by atoms with Crippen LogP contribution < -0.4 is 10.1 Å². The Morgan fingerprint density at radius 1 is 1.03 bits per heavy atom. The third kappa shape index (κ3) is 5.33. The highest BCUT2D eigenvalue weighted by Crippen LogP contribution is 2.35. The maximum absolute atomic E-state index is 12.8. The van der Waals surface area contributed by atoms with Gasteiger partial charge < -0.3 is 24.3 Å². The van der Waals surface area contributed by atoms with Gasteiger partial charge in [-0.05, 0) is 31.5 Å². The standard InChI is InChI=1S/C20H23NO7S/c1-5-27-19(23)15-12(2)16(20(24)28-11-10-25-3)29-18(15)21-17(22)13-8-6-7-9-14(13)26-4/h6-9H,5,10-11H2,1-4H3,(H,21,22). The van der Waals surface area contributed by atoms with Crippen LogP contribution in [0.1, 0.15) is 42.9 Å². The number of hydrogen-bond acceptors (Lipinski definition) is 8. The number of rotatable bonds is 9. The zero-order valence-corrected chi connectivity index (χ0v) is 17.5. The summed E-state index contributed by atoms with van der Waals surface area (Å²) in [6.45, 7) is 3.76. The summed E-state index contributed by atoms with van der Waals surface area (Å²) in [4.78, 5) is 37.8. The summed E-state index contributed by atoms with van der Waals surface area (Å²) < 4.78 is 20.3. The second-order valence-electron chi connectivity index (χ2n) is 5.76. The minimum Gasteiger partial charge on any atom is -0.496 e. The Kier molecular flexibility index (Phi) is 8.17. The van der Waals surface area contributed by atoms with E-state index in [1.807, 2.05) is 0 Å². The first kappa shape index (κ1) is 22.4.